The average Bonchev–Trinajstić information content (AvgIpc) is 3.01. The van der Waals surface area contributed by atoms with Gasteiger partial charge < -0.3 is 0 Å². The van der Waals surface area contributed by atoms with E-state index in [0.29, 0.717) is 10.8 Å². The van der Waals surface area contributed by atoms with E-state index in [1.54, 1.807) is 11.8 Å². The molecule has 118 valence electrons. The van der Waals surface area contributed by atoms with Crippen LogP contribution in [-0.4, -0.2) is 26.7 Å². The van der Waals surface area contributed by atoms with Gasteiger partial charge >= 0.3 is 0 Å². The van der Waals surface area contributed by atoms with Crippen LogP contribution in [0.3, 0.4) is 0 Å². The van der Waals surface area contributed by atoms with Crippen LogP contribution in [-0.2, 0) is 4.79 Å². The van der Waals surface area contributed by atoms with Crippen LogP contribution >= 0.6 is 23.4 Å². The van der Waals surface area contributed by atoms with E-state index in [-0.39, 0.29) is 22.9 Å². The Bertz CT molecular complexity index is 598. The molecule has 2 aromatic rings. The predicted octanol–water partition coefficient (Wildman–Crippen LogP) is 4.26. The SMILES string of the molecule is CCSC(c1ccc(Cl)cc1)C(C(=O)C(C)C)c1ncn[nH]1. The summed E-state index contributed by atoms with van der Waals surface area (Å²) in [5.74, 6) is 1.29. The number of hydrogen-bond acceptors (Lipinski definition) is 4. The maximum atomic E-state index is 12.8. The van der Waals surface area contributed by atoms with E-state index in [1.807, 2.05) is 38.1 Å². The zero-order chi connectivity index (χ0) is 16.1. The molecule has 0 spiro atoms. The molecule has 2 unspecified atom stereocenters. The number of Topliss-reactive ketones (excluding diaryl/α,β-unsaturated/α-hetero) is 1. The number of nitrogens with one attached hydrogen (secondary N) is 1. The molecule has 0 saturated carbocycles. The quantitative estimate of drug-likeness (QED) is 0.820. The van der Waals surface area contributed by atoms with Gasteiger partial charge in [-0.05, 0) is 23.4 Å². The summed E-state index contributed by atoms with van der Waals surface area (Å²) in [6.45, 7) is 5.92. The first-order valence-electron chi connectivity index (χ1n) is 7.30. The summed E-state index contributed by atoms with van der Waals surface area (Å²) < 4.78 is 0. The Morgan fingerprint density at radius 3 is 2.50 bits per heavy atom. The fourth-order valence-corrected chi connectivity index (χ4v) is 3.66. The number of rotatable bonds is 7. The van der Waals surface area contributed by atoms with E-state index >= 15 is 0 Å². The summed E-state index contributed by atoms with van der Waals surface area (Å²) in [6, 6.07) is 7.67. The van der Waals surface area contributed by atoms with Crippen molar-refractivity contribution in [3.63, 3.8) is 0 Å². The summed E-state index contributed by atoms with van der Waals surface area (Å²) in [5.41, 5.74) is 1.08. The van der Waals surface area contributed by atoms with Crippen LogP contribution in [0.1, 0.15) is 43.3 Å². The molecule has 1 aromatic heterocycles. The maximum Gasteiger partial charge on any atom is 0.147 e. The second kappa shape index (κ2) is 7.79. The summed E-state index contributed by atoms with van der Waals surface area (Å²) >= 11 is 7.72. The third-order valence-corrected chi connectivity index (χ3v) is 4.94. The minimum atomic E-state index is -0.339. The van der Waals surface area contributed by atoms with Crippen molar-refractivity contribution in [1.29, 1.82) is 0 Å². The van der Waals surface area contributed by atoms with Crippen molar-refractivity contribution in [2.75, 3.05) is 5.75 Å². The van der Waals surface area contributed by atoms with E-state index in [1.165, 1.54) is 6.33 Å². The van der Waals surface area contributed by atoms with Crippen LogP contribution in [0.25, 0.3) is 0 Å². The van der Waals surface area contributed by atoms with Gasteiger partial charge in [-0.1, -0.05) is 44.5 Å². The lowest BCUT2D eigenvalue weighted by Crippen LogP contribution is -2.24. The molecular weight excluding hydrogens is 318 g/mol. The molecule has 2 atom stereocenters. The lowest BCUT2D eigenvalue weighted by atomic mass is 9.88. The van der Waals surface area contributed by atoms with Crippen LogP contribution in [0.2, 0.25) is 5.02 Å². The topological polar surface area (TPSA) is 58.6 Å². The van der Waals surface area contributed by atoms with Crippen LogP contribution in [0.5, 0.6) is 0 Å². The zero-order valence-electron chi connectivity index (χ0n) is 12.9. The Hall–Kier alpha value is -1.33. The summed E-state index contributed by atoms with van der Waals surface area (Å²) in [5, 5.41) is 7.47. The number of H-pyrrole nitrogens is 1. The number of aromatic nitrogens is 3. The minimum Gasteiger partial charge on any atom is -0.299 e. The fourth-order valence-electron chi connectivity index (χ4n) is 2.37. The molecule has 1 heterocycles. The Morgan fingerprint density at radius 2 is 2.00 bits per heavy atom. The van der Waals surface area contributed by atoms with Crippen molar-refractivity contribution in [1.82, 2.24) is 15.2 Å². The molecule has 0 radical (unpaired) electrons. The highest BCUT2D eigenvalue weighted by Gasteiger charge is 2.34. The number of nitrogens with zero attached hydrogens (tertiary/aromatic N) is 2. The molecule has 0 amide bonds. The molecular formula is C16H20ClN3OS. The van der Waals surface area contributed by atoms with Gasteiger partial charge in [0.2, 0.25) is 0 Å². The largest absolute Gasteiger partial charge is 0.299 e. The van der Waals surface area contributed by atoms with Gasteiger partial charge in [0.05, 0.1) is 5.92 Å². The molecule has 0 saturated heterocycles. The molecule has 2 rings (SSSR count). The summed E-state index contributed by atoms with van der Waals surface area (Å²) in [4.78, 5) is 17.0. The van der Waals surface area contributed by atoms with Gasteiger partial charge in [-0.3, -0.25) is 9.89 Å². The molecule has 0 aliphatic rings. The van der Waals surface area contributed by atoms with Crippen molar-refractivity contribution in [2.45, 2.75) is 31.9 Å². The van der Waals surface area contributed by atoms with Crippen molar-refractivity contribution in [3.05, 3.63) is 47.0 Å². The van der Waals surface area contributed by atoms with Gasteiger partial charge in [0.15, 0.2) is 0 Å². The second-order valence-corrected chi connectivity index (χ2v) is 7.19. The molecule has 0 aliphatic heterocycles. The van der Waals surface area contributed by atoms with Crippen LogP contribution in [0.4, 0.5) is 0 Å². The third kappa shape index (κ3) is 3.90. The number of ketones is 1. The number of halogens is 1. The predicted molar refractivity (Wildman–Crippen MR) is 91.3 cm³/mol. The fraction of sp³-hybridized carbons (Fsp3) is 0.438. The Morgan fingerprint density at radius 1 is 1.32 bits per heavy atom. The summed E-state index contributed by atoms with van der Waals surface area (Å²) in [6.07, 6.45) is 1.45. The first-order chi connectivity index (χ1) is 10.5. The molecule has 22 heavy (non-hydrogen) atoms. The Balaban J connectivity index is 2.44. The normalized spacial score (nSPS) is 14.0. The lowest BCUT2D eigenvalue weighted by molar-refractivity contribution is -0.123. The van der Waals surface area contributed by atoms with Crippen molar-refractivity contribution < 1.29 is 4.79 Å². The minimum absolute atomic E-state index is 0.00915. The number of carbonyl (C=O) groups excluding carboxylic acids is 1. The van der Waals surface area contributed by atoms with Gasteiger partial charge in [0.25, 0.3) is 0 Å². The Kier molecular flexibility index (Phi) is 6.03. The highest BCUT2D eigenvalue weighted by Crippen LogP contribution is 2.42. The van der Waals surface area contributed by atoms with E-state index < -0.39 is 0 Å². The van der Waals surface area contributed by atoms with Crippen molar-refractivity contribution in [3.8, 4) is 0 Å². The van der Waals surface area contributed by atoms with Crippen LogP contribution in [0.15, 0.2) is 30.6 Å². The smallest absolute Gasteiger partial charge is 0.147 e. The average molecular weight is 338 g/mol. The highest BCUT2D eigenvalue weighted by atomic mass is 35.5. The molecule has 0 aliphatic carbocycles. The standard InChI is InChI=1S/C16H20ClN3OS/c1-4-22-15(11-5-7-12(17)8-6-11)13(14(21)10(2)3)16-18-9-19-20-16/h5-10,13,15H,4H2,1-3H3,(H,18,19,20). The first-order valence-corrected chi connectivity index (χ1v) is 8.73. The van der Waals surface area contributed by atoms with Gasteiger partial charge in [-0.2, -0.15) is 16.9 Å². The number of hydrogen-bond donors (Lipinski definition) is 1. The number of carbonyl (C=O) groups is 1. The summed E-state index contributed by atoms with van der Waals surface area (Å²) in [7, 11) is 0. The van der Waals surface area contributed by atoms with Gasteiger partial charge in [-0.25, -0.2) is 4.98 Å². The van der Waals surface area contributed by atoms with Crippen molar-refractivity contribution >= 4 is 29.1 Å². The second-order valence-electron chi connectivity index (χ2n) is 5.33. The zero-order valence-corrected chi connectivity index (χ0v) is 14.5. The van der Waals surface area contributed by atoms with Gasteiger partial charge in [0, 0.05) is 16.2 Å². The lowest BCUT2D eigenvalue weighted by Gasteiger charge is -2.25. The molecule has 0 fully saturated rings. The molecule has 6 heteroatoms. The number of aromatic amines is 1. The van der Waals surface area contributed by atoms with E-state index in [4.69, 9.17) is 11.6 Å². The van der Waals surface area contributed by atoms with E-state index in [2.05, 4.69) is 22.1 Å². The molecule has 4 nitrogen and oxygen atoms in total. The first kappa shape index (κ1) is 17.0. The van der Waals surface area contributed by atoms with Gasteiger partial charge in [0.1, 0.15) is 17.9 Å². The van der Waals surface area contributed by atoms with Gasteiger partial charge in [-0.15, -0.1) is 0 Å². The maximum absolute atomic E-state index is 12.8. The molecule has 1 aromatic carbocycles. The number of thioether (sulfide) groups is 1. The number of benzene rings is 1. The van der Waals surface area contributed by atoms with E-state index in [0.717, 1.165) is 11.3 Å². The molecule has 0 bridgehead atoms. The van der Waals surface area contributed by atoms with Crippen molar-refractivity contribution in [2.24, 2.45) is 5.92 Å². The van der Waals surface area contributed by atoms with E-state index in [9.17, 15) is 4.79 Å². The molecule has 1 N–H and O–H groups in total. The highest BCUT2D eigenvalue weighted by molar-refractivity contribution is 7.99. The van der Waals surface area contributed by atoms with Crippen LogP contribution in [0, 0.1) is 5.92 Å². The Labute approximate surface area is 140 Å². The van der Waals surface area contributed by atoms with Crippen LogP contribution < -0.4 is 0 Å². The third-order valence-electron chi connectivity index (χ3n) is 3.45. The monoisotopic (exact) mass is 337 g/mol.